The molecule has 1 aliphatic rings. The van der Waals surface area contributed by atoms with Crippen molar-refractivity contribution in [3.05, 3.63) is 12.2 Å². The SMILES string of the molecule is C[C@H](CN1CCCC1)C(=O)NCCc1ncnn1C. The number of hydrogen-bond acceptors (Lipinski definition) is 4. The van der Waals surface area contributed by atoms with E-state index in [4.69, 9.17) is 0 Å². The standard InChI is InChI=1S/C13H23N5O/c1-11(9-18-7-3-4-8-18)13(19)14-6-5-12-15-10-16-17(12)2/h10-11H,3-9H2,1-2H3,(H,14,19)/t11-/m1/s1. The largest absolute Gasteiger partial charge is 0.355 e. The predicted octanol–water partition coefficient (Wildman–Crippen LogP) is 0.206. The Labute approximate surface area is 114 Å². The minimum Gasteiger partial charge on any atom is -0.355 e. The van der Waals surface area contributed by atoms with Crippen LogP contribution in [0, 0.1) is 5.92 Å². The van der Waals surface area contributed by atoms with Gasteiger partial charge in [-0.15, -0.1) is 0 Å². The van der Waals surface area contributed by atoms with Crippen LogP contribution in [0.2, 0.25) is 0 Å². The Balaban J connectivity index is 1.67. The van der Waals surface area contributed by atoms with Gasteiger partial charge in [-0.25, -0.2) is 4.98 Å². The van der Waals surface area contributed by atoms with E-state index in [2.05, 4.69) is 20.3 Å². The number of aryl methyl sites for hydroxylation is 1. The maximum atomic E-state index is 12.0. The van der Waals surface area contributed by atoms with Crippen molar-refractivity contribution >= 4 is 5.91 Å². The van der Waals surface area contributed by atoms with Gasteiger partial charge in [0.2, 0.25) is 5.91 Å². The molecule has 1 amide bonds. The Hall–Kier alpha value is -1.43. The van der Waals surface area contributed by atoms with Gasteiger partial charge in [0.05, 0.1) is 0 Å². The molecular formula is C13H23N5O. The monoisotopic (exact) mass is 265 g/mol. The van der Waals surface area contributed by atoms with Gasteiger partial charge in [0.25, 0.3) is 0 Å². The van der Waals surface area contributed by atoms with Crippen LogP contribution in [0.15, 0.2) is 6.33 Å². The lowest BCUT2D eigenvalue weighted by molar-refractivity contribution is -0.124. The third-order valence-corrected chi connectivity index (χ3v) is 3.63. The van der Waals surface area contributed by atoms with E-state index in [1.165, 1.54) is 19.2 Å². The number of amides is 1. The number of carbonyl (C=O) groups is 1. The molecule has 0 bridgehead atoms. The van der Waals surface area contributed by atoms with Crippen LogP contribution in [-0.4, -0.2) is 51.8 Å². The van der Waals surface area contributed by atoms with Gasteiger partial charge in [-0.05, 0) is 25.9 Å². The molecule has 2 rings (SSSR count). The van der Waals surface area contributed by atoms with Gasteiger partial charge in [-0.2, -0.15) is 5.10 Å². The number of carbonyl (C=O) groups excluding carboxylic acids is 1. The predicted molar refractivity (Wildman–Crippen MR) is 72.6 cm³/mol. The molecule has 0 saturated carbocycles. The van der Waals surface area contributed by atoms with Crippen LogP contribution in [-0.2, 0) is 18.3 Å². The van der Waals surface area contributed by atoms with Crippen molar-refractivity contribution in [1.82, 2.24) is 25.0 Å². The highest BCUT2D eigenvalue weighted by Crippen LogP contribution is 2.10. The molecule has 1 atom stereocenters. The molecule has 0 unspecified atom stereocenters. The van der Waals surface area contributed by atoms with E-state index in [9.17, 15) is 4.79 Å². The number of likely N-dealkylation sites (tertiary alicyclic amines) is 1. The molecule has 6 heteroatoms. The van der Waals surface area contributed by atoms with Crippen LogP contribution in [0.25, 0.3) is 0 Å². The van der Waals surface area contributed by atoms with Crippen molar-refractivity contribution < 1.29 is 4.79 Å². The highest BCUT2D eigenvalue weighted by atomic mass is 16.1. The molecule has 1 aliphatic heterocycles. The summed E-state index contributed by atoms with van der Waals surface area (Å²) >= 11 is 0. The fourth-order valence-electron chi connectivity index (χ4n) is 2.45. The molecule has 0 radical (unpaired) electrons. The number of nitrogens with one attached hydrogen (secondary N) is 1. The maximum Gasteiger partial charge on any atom is 0.224 e. The zero-order valence-electron chi connectivity index (χ0n) is 11.8. The van der Waals surface area contributed by atoms with E-state index in [0.29, 0.717) is 6.54 Å². The average Bonchev–Trinajstić information content (AvgIpc) is 3.02. The summed E-state index contributed by atoms with van der Waals surface area (Å²) in [4.78, 5) is 18.5. The summed E-state index contributed by atoms with van der Waals surface area (Å²) in [7, 11) is 1.86. The van der Waals surface area contributed by atoms with Crippen LogP contribution in [0.1, 0.15) is 25.6 Å². The van der Waals surface area contributed by atoms with Gasteiger partial charge in [-0.3, -0.25) is 9.48 Å². The zero-order chi connectivity index (χ0) is 13.7. The number of rotatable bonds is 6. The first kappa shape index (κ1) is 14.0. The summed E-state index contributed by atoms with van der Waals surface area (Å²) < 4.78 is 1.74. The first-order valence-corrected chi connectivity index (χ1v) is 7.00. The zero-order valence-corrected chi connectivity index (χ0v) is 11.8. The summed E-state index contributed by atoms with van der Waals surface area (Å²) in [6, 6.07) is 0. The van der Waals surface area contributed by atoms with Crippen molar-refractivity contribution in [2.24, 2.45) is 13.0 Å². The quantitative estimate of drug-likeness (QED) is 0.798. The van der Waals surface area contributed by atoms with Crippen LogP contribution in [0.5, 0.6) is 0 Å². The second-order valence-electron chi connectivity index (χ2n) is 5.25. The summed E-state index contributed by atoms with van der Waals surface area (Å²) in [6.07, 6.45) is 4.78. The van der Waals surface area contributed by atoms with E-state index < -0.39 is 0 Å². The number of nitrogens with zero attached hydrogens (tertiary/aromatic N) is 4. The van der Waals surface area contributed by atoms with E-state index >= 15 is 0 Å². The molecule has 0 aliphatic carbocycles. The maximum absolute atomic E-state index is 12.0. The van der Waals surface area contributed by atoms with Crippen LogP contribution >= 0.6 is 0 Å². The second kappa shape index (κ2) is 6.65. The first-order valence-electron chi connectivity index (χ1n) is 7.00. The van der Waals surface area contributed by atoms with Crippen molar-refractivity contribution in [3.63, 3.8) is 0 Å². The molecule has 19 heavy (non-hydrogen) atoms. The fourth-order valence-corrected chi connectivity index (χ4v) is 2.45. The lowest BCUT2D eigenvalue weighted by Crippen LogP contribution is -2.37. The summed E-state index contributed by atoms with van der Waals surface area (Å²) in [5, 5.41) is 6.98. The number of hydrogen-bond donors (Lipinski definition) is 1. The van der Waals surface area contributed by atoms with Crippen molar-refractivity contribution in [2.75, 3.05) is 26.2 Å². The molecule has 1 saturated heterocycles. The van der Waals surface area contributed by atoms with Gasteiger partial charge in [0.1, 0.15) is 12.2 Å². The van der Waals surface area contributed by atoms with Crippen molar-refractivity contribution in [2.45, 2.75) is 26.2 Å². The highest BCUT2D eigenvalue weighted by molar-refractivity contribution is 5.78. The molecule has 1 aromatic rings. The van der Waals surface area contributed by atoms with E-state index in [0.717, 1.165) is 31.9 Å². The molecule has 1 fully saturated rings. The molecule has 0 spiro atoms. The van der Waals surface area contributed by atoms with Crippen molar-refractivity contribution in [1.29, 1.82) is 0 Å². The molecule has 1 aromatic heterocycles. The third kappa shape index (κ3) is 4.02. The smallest absolute Gasteiger partial charge is 0.224 e. The normalized spacial score (nSPS) is 17.6. The van der Waals surface area contributed by atoms with Crippen LogP contribution < -0.4 is 5.32 Å². The van der Waals surface area contributed by atoms with E-state index in [1.54, 1.807) is 4.68 Å². The highest BCUT2D eigenvalue weighted by Gasteiger charge is 2.19. The van der Waals surface area contributed by atoms with Crippen LogP contribution in [0.4, 0.5) is 0 Å². The van der Waals surface area contributed by atoms with E-state index in [-0.39, 0.29) is 11.8 Å². The topological polar surface area (TPSA) is 63.1 Å². The molecule has 0 aromatic carbocycles. The van der Waals surface area contributed by atoms with Gasteiger partial charge < -0.3 is 10.2 Å². The minimum absolute atomic E-state index is 0.0533. The van der Waals surface area contributed by atoms with Gasteiger partial charge in [0.15, 0.2) is 0 Å². The lowest BCUT2D eigenvalue weighted by atomic mass is 10.1. The molecular weight excluding hydrogens is 242 g/mol. The Morgan fingerprint density at radius 3 is 2.84 bits per heavy atom. The summed E-state index contributed by atoms with van der Waals surface area (Å²) in [5.41, 5.74) is 0. The van der Waals surface area contributed by atoms with Crippen LogP contribution in [0.3, 0.4) is 0 Å². The Bertz CT molecular complexity index is 411. The minimum atomic E-state index is 0.0533. The Morgan fingerprint density at radius 1 is 1.47 bits per heavy atom. The molecule has 6 nitrogen and oxygen atoms in total. The Kier molecular flexibility index (Phi) is 4.90. The van der Waals surface area contributed by atoms with Crippen molar-refractivity contribution in [3.8, 4) is 0 Å². The third-order valence-electron chi connectivity index (χ3n) is 3.63. The number of aromatic nitrogens is 3. The first-order chi connectivity index (χ1) is 9.16. The lowest BCUT2D eigenvalue weighted by Gasteiger charge is -2.19. The Morgan fingerprint density at radius 2 is 2.21 bits per heavy atom. The molecule has 1 N–H and O–H groups in total. The second-order valence-corrected chi connectivity index (χ2v) is 5.25. The fraction of sp³-hybridized carbons (Fsp3) is 0.769. The molecule has 2 heterocycles. The molecule has 106 valence electrons. The average molecular weight is 265 g/mol. The van der Waals surface area contributed by atoms with E-state index in [1.807, 2.05) is 14.0 Å². The van der Waals surface area contributed by atoms with Gasteiger partial charge >= 0.3 is 0 Å². The van der Waals surface area contributed by atoms with Gasteiger partial charge in [-0.1, -0.05) is 6.92 Å². The summed E-state index contributed by atoms with van der Waals surface area (Å²) in [6.45, 7) is 5.76. The summed E-state index contributed by atoms with van der Waals surface area (Å²) in [5.74, 6) is 1.08. The van der Waals surface area contributed by atoms with Gasteiger partial charge in [0, 0.05) is 32.5 Å².